The first-order valence-corrected chi connectivity index (χ1v) is 9.79. The maximum absolute atomic E-state index is 12.3. The van der Waals surface area contributed by atoms with Gasteiger partial charge < -0.3 is 4.90 Å². The Morgan fingerprint density at radius 1 is 1.09 bits per heavy atom. The lowest BCUT2D eigenvalue weighted by Gasteiger charge is -2.35. The Morgan fingerprint density at radius 3 is 2.57 bits per heavy atom. The van der Waals surface area contributed by atoms with Crippen LogP contribution in [0, 0.1) is 0 Å². The molecule has 0 saturated carbocycles. The second kappa shape index (κ2) is 6.84. The van der Waals surface area contributed by atoms with Crippen LogP contribution in [0.1, 0.15) is 19.8 Å². The summed E-state index contributed by atoms with van der Waals surface area (Å²) in [7, 11) is -3.11. The van der Waals surface area contributed by atoms with E-state index in [-0.39, 0.29) is 5.75 Å². The van der Waals surface area contributed by atoms with Crippen molar-refractivity contribution in [3.05, 3.63) is 36.5 Å². The first kappa shape index (κ1) is 16.2. The molecular formula is C17H23N3O2S. The molecule has 0 bridgehead atoms. The zero-order valence-electron chi connectivity index (χ0n) is 13.5. The van der Waals surface area contributed by atoms with Gasteiger partial charge in [0.25, 0.3) is 0 Å². The highest BCUT2D eigenvalue weighted by Gasteiger charge is 2.27. The van der Waals surface area contributed by atoms with Gasteiger partial charge in [-0.15, -0.1) is 0 Å². The van der Waals surface area contributed by atoms with Crippen molar-refractivity contribution in [1.82, 2.24) is 9.29 Å². The van der Waals surface area contributed by atoms with E-state index in [0.29, 0.717) is 26.2 Å². The number of hydrogen-bond acceptors (Lipinski definition) is 4. The first-order chi connectivity index (χ1) is 11.1. The summed E-state index contributed by atoms with van der Waals surface area (Å²) in [5.41, 5.74) is 0. The van der Waals surface area contributed by atoms with Crippen molar-refractivity contribution in [1.29, 1.82) is 0 Å². The number of nitrogens with zero attached hydrogens (tertiary/aromatic N) is 3. The molecule has 2 aromatic rings. The van der Waals surface area contributed by atoms with Gasteiger partial charge >= 0.3 is 0 Å². The Morgan fingerprint density at radius 2 is 1.83 bits per heavy atom. The molecule has 1 aliphatic heterocycles. The van der Waals surface area contributed by atoms with E-state index in [4.69, 9.17) is 0 Å². The second-order valence-electron chi connectivity index (χ2n) is 5.91. The maximum atomic E-state index is 12.3. The molecule has 2 heterocycles. The molecule has 0 spiro atoms. The lowest BCUT2D eigenvalue weighted by molar-refractivity contribution is 0.383. The molecule has 1 aromatic carbocycles. The number of sulfonamides is 1. The van der Waals surface area contributed by atoms with Crippen molar-refractivity contribution in [2.24, 2.45) is 0 Å². The molecule has 0 N–H and O–H groups in total. The second-order valence-corrected chi connectivity index (χ2v) is 8.00. The van der Waals surface area contributed by atoms with Gasteiger partial charge in [-0.25, -0.2) is 13.4 Å². The number of hydrogen-bond donors (Lipinski definition) is 0. The Balaban J connectivity index is 1.74. The van der Waals surface area contributed by atoms with Crippen LogP contribution >= 0.6 is 0 Å². The van der Waals surface area contributed by atoms with E-state index in [1.807, 2.05) is 31.3 Å². The topological polar surface area (TPSA) is 53.5 Å². The molecule has 0 aliphatic carbocycles. The molecule has 1 saturated heterocycles. The van der Waals surface area contributed by atoms with Crippen LogP contribution in [-0.4, -0.2) is 49.6 Å². The predicted molar refractivity (Wildman–Crippen MR) is 94.2 cm³/mol. The van der Waals surface area contributed by atoms with Crippen molar-refractivity contribution in [3.63, 3.8) is 0 Å². The Kier molecular flexibility index (Phi) is 4.82. The normalized spacial score (nSPS) is 16.8. The molecule has 23 heavy (non-hydrogen) atoms. The molecule has 1 aromatic heterocycles. The van der Waals surface area contributed by atoms with E-state index in [0.717, 1.165) is 29.4 Å². The summed E-state index contributed by atoms with van der Waals surface area (Å²) in [5, 5.41) is 2.28. The summed E-state index contributed by atoms with van der Waals surface area (Å²) in [4.78, 5) is 6.71. The van der Waals surface area contributed by atoms with Crippen molar-refractivity contribution < 1.29 is 8.42 Å². The molecule has 124 valence electrons. The highest BCUT2D eigenvalue weighted by Crippen LogP contribution is 2.25. The van der Waals surface area contributed by atoms with Crippen LogP contribution in [-0.2, 0) is 10.0 Å². The third-order valence-corrected chi connectivity index (χ3v) is 6.30. The maximum Gasteiger partial charge on any atom is 0.214 e. The molecule has 0 radical (unpaired) electrons. The van der Waals surface area contributed by atoms with E-state index in [2.05, 4.69) is 22.0 Å². The SMILES string of the molecule is CCCCS(=O)(=O)N1CCN(c2nccc3ccccc23)CC1. The average molecular weight is 333 g/mol. The van der Waals surface area contributed by atoms with Crippen molar-refractivity contribution in [2.45, 2.75) is 19.8 Å². The molecule has 0 unspecified atom stereocenters. The molecule has 5 nitrogen and oxygen atoms in total. The lowest BCUT2D eigenvalue weighted by Crippen LogP contribution is -2.49. The van der Waals surface area contributed by atoms with Crippen LogP contribution in [0.5, 0.6) is 0 Å². The zero-order valence-corrected chi connectivity index (χ0v) is 14.3. The number of unbranched alkanes of at least 4 members (excludes halogenated alkanes) is 1. The number of rotatable bonds is 5. The van der Waals surface area contributed by atoms with Gasteiger partial charge in [0.05, 0.1) is 5.75 Å². The van der Waals surface area contributed by atoms with Gasteiger partial charge in [0, 0.05) is 37.8 Å². The predicted octanol–water partition coefficient (Wildman–Crippen LogP) is 2.49. The molecule has 0 atom stereocenters. The summed E-state index contributed by atoms with van der Waals surface area (Å²) < 4.78 is 26.2. The van der Waals surface area contributed by atoms with Crippen LogP contribution in [0.25, 0.3) is 10.8 Å². The van der Waals surface area contributed by atoms with E-state index in [9.17, 15) is 8.42 Å². The summed E-state index contributed by atoms with van der Waals surface area (Å²) in [6, 6.07) is 10.2. The minimum absolute atomic E-state index is 0.260. The molecule has 1 fully saturated rings. The highest BCUT2D eigenvalue weighted by atomic mass is 32.2. The summed E-state index contributed by atoms with van der Waals surface area (Å²) in [6.45, 7) is 4.46. The fourth-order valence-electron chi connectivity index (χ4n) is 2.99. The fraction of sp³-hybridized carbons (Fsp3) is 0.471. The van der Waals surface area contributed by atoms with Gasteiger partial charge in [-0.1, -0.05) is 37.6 Å². The molecule has 6 heteroatoms. The molecule has 1 aliphatic rings. The molecule has 3 rings (SSSR count). The largest absolute Gasteiger partial charge is 0.353 e. The number of benzene rings is 1. The zero-order chi connectivity index (χ0) is 16.3. The van der Waals surface area contributed by atoms with Crippen LogP contribution < -0.4 is 4.90 Å². The third-order valence-electron chi connectivity index (χ3n) is 4.34. The molecule has 0 amide bonds. The summed E-state index contributed by atoms with van der Waals surface area (Å²) >= 11 is 0. The van der Waals surface area contributed by atoms with Gasteiger partial charge in [-0.3, -0.25) is 0 Å². The highest BCUT2D eigenvalue weighted by molar-refractivity contribution is 7.89. The van der Waals surface area contributed by atoms with Crippen molar-refractivity contribution in [2.75, 3.05) is 36.8 Å². The van der Waals surface area contributed by atoms with Crippen molar-refractivity contribution in [3.8, 4) is 0 Å². The van der Waals surface area contributed by atoms with Gasteiger partial charge in [-0.2, -0.15) is 4.31 Å². The molecular weight excluding hydrogens is 310 g/mol. The van der Waals surface area contributed by atoms with E-state index in [1.165, 1.54) is 0 Å². The minimum atomic E-state index is -3.11. The monoisotopic (exact) mass is 333 g/mol. The third kappa shape index (κ3) is 3.48. The number of anilines is 1. The standard InChI is InChI=1S/C17H23N3O2S/c1-2-3-14-23(21,22)20-12-10-19(11-13-20)17-16-7-5-4-6-15(16)8-9-18-17/h4-9H,2-3,10-14H2,1H3. The number of pyridine rings is 1. The van der Waals surface area contributed by atoms with Crippen molar-refractivity contribution >= 4 is 26.6 Å². The van der Waals surface area contributed by atoms with Crippen LogP contribution in [0.2, 0.25) is 0 Å². The summed E-state index contributed by atoms with van der Waals surface area (Å²) in [6.07, 6.45) is 3.45. The van der Waals surface area contributed by atoms with Gasteiger partial charge in [0.15, 0.2) is 0 Å². The van der Waals surface area contributed by atoms with Crippen LogP contribution in [0.3, 0.4) is 0 Å². The average Bonchev–Trinajstić information content (AvgIpc) is 2.60. The van der Waals surface area contributed by atoms with Gasteiger partial charge in [-0.05, 0) is 17.9 Å². The number of piperazine rings is 1. The fourth-order valence-corrected chi connectivity index (χ4v) is 4.62. The van der Waals surface area contributed by atoms with E-state index >= 15 is 0 Å². The smallest absolute Gasteiger partial charge is 0.214 e. The van der Waals surface area contributed by atoms with Gasteiger partial charge in [0.1, 0.15) is 5.82 Å². The first-order valence-electron chi connectivity index (χ1n) is 8.18. The quantitative estimate of drug-likeness (QED) is 0.843. The van der Waals surface area contributed by atoms with E-state index in [1.54, 1.807) is 4.31 Å². The minimum Gasteiger partial charge on any atom is -0.353 e. The van der Waals surface area contributed by atoms with E-state index < -0.39 is 10.0 Å². The number of fused-ring (bicyclic) bond motifs is 1. The van der Waals surface area contributed by atoms with Gasteiger partial charge in [0.2, 0.25) is 10.0 Å². The Labute approximate surface area is 138 Å². The van der Waals surface area contributed by atoms with Crippen LogP contribution in [0.4, 0.5) is 5.82 Å². The Hall–Kier alpha value is -1.66. The number of aromatic nitrogens is 1. The van der Waals surface area contributed by atoms with Crippen LogP contribution in [0.15, 0.2) is 36.5 Å². The lowest BCUT2D eigenvalue weighted by atomic mass is 10.1. The Bertz CT molecular complexity index is 763. The summed E-state index contributed by atoms with van der Waals surface area (Å²) in [5.74, 6) is 1.21.